The molecule has 3 heteroatoms. The van der Waals surface area contributed by atoms with Crippen molar-refractivity contribution in [2.24, 2.45) is 0 Å². The molecule has 0 unspecified atom stereocenters. The molecule has 0 aliphatic rings. The first-order chi connectivity index (χ1) is 8.16. The third-order valence-corrected chi connectivity index (χ3v) is 2.83. The molecule has 88 valence electrons. The van der Waals surface area contributed by atoms with E-state index in [1.807, 2.05) is 39.0 Å². The van der Waals surface area contributed by atoms with Crippen LogP contribution in [0.1, 0.15) is 22.5 Å². The van der Waals surface area contributed by atoms with Crippen molar-refractivity contribution in [1.82, 2.24) is 9.97 Å². The van der Waals surface area contributed by atoms with Crippen molar-refractivity contribution in [2.75, 3.05) is 0 Å². The van der Waals surface area contributed by atoms with Gasteiger partial charge < -0.3 is 4.74 Å². The highest BCUT2D eigenvalue weighted by molar-refractivity contribution is 5.28. The second kappa shape index (κ2) is 4.95. The number of aryl methyl sites for hydroxylation is 3. The second-order valence-electron chi connectivity index (χ2n) is 4.11. The van der Waals surface area contributed by atoms with E-state index in [1.54, 1.807) is 12.4 Å². The molecule has 0 N–H and O–H groups in total. The van der Waals surface area contributed by atoms with Crippen LogP contribution in [-0.4, -0.2) is 9.97 Å². The Kier molecular flexibility index (Phi) is 3.38. The van der Waals surface area contributed by atoms with Gasteiger partial charge in [-0.05, 0) is 38.5 Å². The molecule has 0 saturated carbocycles. The molecule has 2 aromatic rings. The quantitative estimate of drug-likeness (QED) is 0.810. The Morgan fingerprint density at radius 2 is 1.94 bits per heavy atom. The van der Waals surface area contributed by atoms with Crippen molar-refractivity contribution in [1.29, 1.82) is 0 Å². The van der Waals surface area contributed by atoms with E-state index in [-0.39, 0.29) is 0 Å². The lowest BCUT2D eigenvalue weighted by molar-refractivity contribution is 0.303. The molecule has 3 nitrogen and oxygen atoms in total. The summed E-state index contributed by atoms with van der Waals surface area (Å²) in [7, 11) is 0. The summed E-state index contributed by atoms with van der Waals surface area (Å²) in [5.41, 5.74) is 4.29. The molecule has 2 heterocycles. The Hall–Kier alpha value is -1.90. The summed E-state index contributed by atoms with van der Waals surface area (Å²) in [5, 5.41) is 0. The van der Waals surface area contributed by atoms with Gasteiger partial charge in [0.05, 0.1) is 6.20 Å². The van der Waals surface area contributed by atoms with Crippen LogP contribution in [0, 0.1) is 20.8 Å². The van der Waals surface area contributed by atoms with E-state index in [0.29, 0.717) is 6.61 Å². The van der Waals surface area contributed by atoms with Gasteiger partial charge in [-0.2, -0.15) is 0 Å². The van der Waals surface area contributed by atoms with Crippen LogP contribution < -0.4 is 4.74 Å². The molecule has 2 rings (SSSR count). The van der Waals surface area contributed by atoms with E-state index in [4.69, 9.17) is 4.74 Å². The third kappa shape index (κ3) is 2.81. The molecule has 0 spiro atoms. The van der Waals surface area contributed by atoms with Crippen molar-refractivity contribution in [2.45, 2.75) is 27.4 Å². The van der Waals surface area contributed by atoms with Crippen molar-refractivity contribution < 1.29 is 4.74 Å². The number of nitrogens with zero attached hydrogens (tertiary/aromatic N) is 2. The summed E-state index contributed by atoms with van der Waals surface area (Å²) in [4.78, 5) is 8.50. The molecule has 0 saturated heterocycles. The van der Waals surface area contributed by atoms with Gasteiger partial charge in [-0.25, -0.2) is 0 Å². The van der Waals surface area contributed by atoms with Gasteiger partial charge in [-0.1, -0.05) is 6.07 Å². The van der Waals surface area contributed by atoms with Crippen LogP contribution in [0.15, 0.2) is 30.6 Å². The minimum absolute atomic E-state index is 0.532. The monoisotopic (exact) mass is 228 g/mol. The number of pyridine rings is 2. The third-order valence-electron chi connectivity index (χ3n) is 2.83. The van der Waals surface area contributed by atoms with Crippen LogP contribution in [-0.2, 0) is 6.61 Å². The normalized spacial score (nSPS) is 10.3. The highest BCUT2D eigenvalue weighted by atomic mass is 16.5. The van der Waals surface area contributed by atoms with Gasteiger partial charge >= 0.3 is 0 Å². The van der Waals surface area contributed by atoms with Crippen LogP contribution in [0.5, 0.6) is 5.75 Å². The lowest BCUT2D eigenvalue weighted by Gasteiger charge is -2.09. The molecule has 0 aliphatic carbocycles. The maximum atomic E-state index is 5.71. The second-order valence-corrected chi connectivity index (χ2v) is 4.11. The highest BCUT2D eigenvalue weighted by Gasteiger charge is 2.01. The Balaban J connectivity index is 2.08. The van der Waals surface area contributed by atoms with E-state index >= 15 is 0 Å². The van der Waals surface area contributed by atoms with Crippen LogP contribution in [0.2, 0.25) is 0 Å². The Bertz CT molecular complexity index is 523. The smallest absolute Gasteiger partial charge is 0.138 e. The maximum absolute atomic E-state index is 5.71. The van der Waals surface area contributed by atoms with Crippen molar-refractivity contribution in [3.8, 4) is 5.75 Å². The molecular formula is C14H16N2O. The topological polar surface area (TPSA) is 35.0 Å². The lowest BCUT2D eigenvalue weighted by Crippen LogP contribution is -2.00. The molecule has 0 fully saturated rings. The fraction of sp³-hybridized carbons (Fsp3) is 0.286. The van der Waals surface area contributed by atoms with Crippen molar-refractivity contribution in [3.05, 3.63) is 53.1 Å². The highest BCUT2D eigenvalue weighted by Crippen LogP contribution is 2.15. The zero-order chi connectivity index (χ0) is 12.3. The van der Waals surface area contributed by atoms with E-state index in [9.17, 15) is 0 Å². The first-order valence-electron chi connectivity index (χ1n) is 5.63. The van der Waals surface area contributed by atoms with E-state index in [2.05, 4.69) is 9.97 Å². The largest absolute Gasteiger partial charge is 0.487 e. The SMILES string of the molecule is Cc1cc(OCc2cccnc2C)cnc1C. The number of ether oxygens (including phenoxy) is 1. The average Bonchev–Trinajstić information content (AvgIpc) is 2.32. The summed E-state index contributed by atoms with van der Waals surface area (Å²) in [6, 6.07) is 5.95. The molecule has 0 aromatic carbocycles. The molecule has 0 radical (unpaired) electrons. The lowest BCUT2D eigenvalue weighted by atomic mass is 10.2. The number of aromatic nitrogens is 2. The number of hydrogen-bond acceptors (Lipinski definition) is 3. The van der Waals surface area contributed by atoms with E-state index in [0.717, 1.165) is 28.3 Å². The Morgan fingerprint density at radius 3 is 2.65 bits per heavy atom. The molecule has 0 aliphatic heterocycles. The summed E-state index contributed by atoms with van der Waals surface area (Å²) < 4.78 is 5.71. The molecule has 0 atom stereocenters. The molecular weight excluding hydrogens is 212 g/mol. The van der Waals surface area contributed by atoms with Crippen LogP contribution >= 0.6 is 0 Å². The average molecular weight is 228 g/mol. The molecule has 2 aromatic heterocycles. The predicted molar refractivity (Wildman–Crippen MR) is 67.0 cm³/mol. The number of hydrogen-bond donors (Lipinski definition) is 0. The van der Waals surface area contributed by atoms with Gasteiger partial charge in [0.2, 0.25) is 0 Å². The summed E-state index contributed by atoms with van der Waals surface area (Å²) in [5.74, 6) is 0.802. The summed E-state index contributed by atoms with van der Waals surface area (Å²) in [6.07, 6.45) is 3.55. The zero-order valence-electron chi connectivity index (χ0n) is 10.4. The minimum Gasteiger partial charge on any atom is -0.487 e. The van der Waals surface area contributed by atoms with Gasteiger partial charge in [-0.3, -0.25) is 9.97 Å². The summed E-state index contributed by atoms with van der Waals surface area (Å²) >= 11 is 0. The summed E-state index contributed by atoms with van der Waals surface area (Å²) in [6.45, 7) is 6.54. The first-order valence-corrected chi connectivity index (χ1v) is 5.63. The van der Waals surface area contributed by atoms with Gasteiger partial charge in [0.1, 0.15) is 12.4 Å². The van der Waals surface area contributed by atoms with E-state index in [1.165, 1.54) is 0 Å². The Labute approximate surface area is 102 Å². The predicted octanol–water partition coefficient (Wildman–Crippen LogP) is 2.98. The molecule has 0 amide bonds. The fourth-order valence-electron chi connectivity index (χ4n) is 1.53. The minimum atomic E-state index is 0.532. The van der Waals surface area contributed by atoms with Gasteiger partial charge in [0, 0.05) is 23.1 Å². The molecule has 17 heavy (non-hydrogen) atoms. The fourth-order valence-corrected chi connectivity index (χ4v) is 1.53. The van der Waals surface area contributed by atoms with Gasteiger partial charge in [-0.15, -0.1) is 0 Å². The Morgan fingerprint density at radius 1 is 1.12 bits per heavy atom. The van der Waals surface area contributed by atoms with E-state index < -0.39 is 0 Å². The first kappa shape index (κ1) is 11.6. The zero-order valence-corrected chi connectivity index (χ0v) is 10.4. The molecule has 0 bridgehead atoms. The van der Waals surface area contributed by atoms with Gasteiger partial charge in [0.25, 0.3) is 0 Å². The maximum Gasteiger partial charge on any atom is 0.138 e. The van der Waals surface area contributed by atoms with Crippen LogP contribution in [0.3, 0.4) is 0 Å². The van der Waals surface area contributed by atoms with Crippen molar-refractivity contribution in [3.63, 3.8) is 0 Å². The standard InChI is InChI=1S/C14H16N2O/c1-10-7-14(8-16-11(10)2)17-9-13-5-4-6-15-12(13)3/h4-8H,9H2,1-3H3. The van der Waals surface area contributed by atoms with Crippen molar-refractivity contribution >= 4 is 0 Å². The number of rotatable bonds is 3. The van der Waals surface area contributed by atoms with Gasteiger partial charge in [0.15, 0.2) is 0 Å². The van der Waals surface area contributed by atoms with Crippen LogP contribution in [0.25, 0.3) is 0 Å². The van der Waals surface area contributed by atoms with Crippen LogP contribution in [0.4, 0.5) is 0 Å².